The lowest BCUT2D eigenvalue weighted by Crippen LogP contribution is -2.39. The maximum Gasteiger partial charge on any atom is 0.308 e. The zero-order chi connectivity index (χ0) is 12.1. The Bertz CT molecular complexity index is 246. The zero-order valence-corrected chi connectivity index (χ0v) is 10.9. The molecule has 0 aliphatic carbocycles. The summed E-state index contributed by atoms with van der Waals surface area (Å²) in [5.74, 6) is 0. The monoisotopic (exact) mass is 233 g/mol. The van der Waals surface area contributed by atoms with Gasteiger partial charge in [-0.25, -0.2) is 0 Å². The zero-order valence-electron chi connectivity index (χ0n) is 10.1. The minimum absolute atomic E-state index is 0.240. The van der Waals surface area contributed by atoms with Gasteiger partial charge in [0.15, 0.2) is 0 Å². The predicted octanol–water partition coefficient (Wildman–Crippen LogP) is 2.98. The van der Waals surface area contributed by atoms with Crippen molar-refractivity contribution in [1.29, 1.82) is 0 Å². The van der Waals surface area contributed by atoms with Crippen LogP contribution in [0.15, 0.2) is 10.2 Å². The van der Waals surface area contributed by atoms with E-state index in [9.17, 15) is 4.79 Å². The van der Waals surface area contributed by atoms with E-state index < -0.39 is 5.66 Å². The molecule has 1 N–H and O–H groups in total. The summed E-state index contributed by atoms with van der Waals surface area (Å²) in [5.41, 5.74) is -0.952. The van der Waals surface area contributed by atoms with Crippen LogP contribution in [0, 0.1) is 0 Å². The summed E-state index contributed by atoms with van der Waals surface area (Å²) in [5, 5.41) is 10.6. The van der Waals surface area contributed by atoms with Crippen molar-refractivity contribution in [3.05, 3.63) is 0 Å². The molecule has 0 saturated carbocycles. The van der Waals surface area contributed by atoms with Crippen LogP contribution in [0.5, 0.6) is 0 Å². The summed E-state index contributed by atoms with van der Waals surface area (Å²) < 4.78 is 4.63. The third kappa shape index (κ3) is 8.38. The van der Waals surface area contributed by atoms with Crippen molar-refractivity contribution in [3.63, 3.8) is 0 Å². The molecule has 0 bridgehead atoms. The van der Waals surface area contributed by atoms with Gasteiger partial charge in [-0.1, -0.05) is 0 Å². The molecule has 0 heterocycles. The molecular weight excluding hydrogens is 214 g/mol. The topological polar surface area (TPSA) is 63.0 Å². The summed E-state index contributed by atoms with van der Waals surface area (Å²) in [7, 11) is 1.44. The standard InChI is InChI=1S/C9H19N3O2S/c1-8(2,3)11-12-9(4,5)10-7(13)15-14-6/h1-6H3,(H,10,13). The van der Waals surface area contributed by atoms with Gasteiger partial charge in [-0.2, -0.15) is 10.2 Å². The van der Waals surface area contributed by atoms with Crippen molar-refractivity contribution < 1.29 is 8.98 Å². The Balaban J connectivity index is 4.30. The van der Waals surface area contributed by atoms with Gasteiger partial charge in [0, 0.05) is 0 Å². The van der Waals surface area contributed by atoms with Gasteiger partial charge in [0.05, 0.1) is 24.7 Å². The average molecular weight is 233 g/mol. The number of nitrogens with zero attached hydrogens (tertiary/aromatic N) is 2. The van der Waals surface area contributed by atoms with Crippen LogP contribution >= 0.6 is 12.0 Å². The van der Waals surface area contributed by atoms with E-state index in [-0.39, 0.29) is 10.8 Å². The number of carbonyl (C=O) groups is 1. The Morgan fingerprint density at radius 3 is 2.13 bits per heavy atom. The molecule has 0 aliphatic heterocycles. The SMILES string of the molecule is COSC(=O)NC(C)(C)N=NC(C)(C)C. The molecule has 5 nitrogen and oxygen atoms in total. The van der Waals surface area contributed by atoms with Crippen LogP contribution in [0.3, 0.4) is 0 Å². The average Bonchev–Trinajstić information content (AvgIpc) is 1.99. The fraction of sp³-hybridized carbons (Fsp3) is 0.889. The summed E-state index contributed by atoms with van der Waals surface area (Å²) in [6.45, 7) is 9.38. The molecule has 1 amide bonds. The van der Waals surface area contributed by atoms with Gasteiger partial charge >= 0.3 is 5.24 Å². The molecule has 0 radical (unpaired) electrons. The van der Waals surface area contributed by atoms with Gasteiger partial charge < -0.3 is 9.50 Å². The maximum absolute atomic E-state index is 11.2. The van der Waals surface area contributed by atoms with Crippen molar-refractivity contribution >= 4 is 17.3 Å². The second-order valence-electron chi connectivity index (χ2n) is 4.59. The number of amides is 1. The highest BCUT2D eigenvalue weighted by Gasteiger charge is 2.21. The van der Waals surface area contributed by atoms with Crippen molar-refractivity contribution in [3.8, 4) is 0 Å². The number of hydrogen-bond acceptors (Lipinski definition) is 5. The van der Waals surface area contributed by atoms with Crippen LogP contribution in [0.4, 0.5) is 4.79 Å². The first-order chi connectivity index (χ1) is 6.66. The van der Waals surface area contributed by atoms with E-state index in [0.717, 1.165) is 12.0 Å². The van der Waals surface area contributed by atoms with Crippen LogP contribution in [-0.2, 0) is 4.18 Å². The van der Waals surface area contributed by atoms with Crippen molar-refractivity contribution in [2.75, 3.05) is 7.11 Å². The highest BCUT2D eigenvalue weighted by molar-refractivity contribution is 8.09. The van der Waals surface area contributed by atoms with Gasteiger partial charge in [-0.3, -0.25) is 4.79 Å². The largest absolute Gasteiger partial charge is 0.320 e. The molecule has 0 aromatic rings. The molecule has 0 unspecified atom stereocenters. The van der Waals surface area contributed by atoms with Crippen LogP contribution in [0.25, 0.3) is 0 Å². The lowest BCUT2D eigenvalue weighted by Gasteiger charge is -2.21. The molecule has 15 heavy (non-hydrogen) atoms. The lowest BCUT2D eigenvalue weighted by molar-refractivity contribution is 0.248. The highest BCUT2D eigenvalue weighted by Crippen LogP contribution is 2.14. The Kier molecular flexibility index (Phi) is 5.23. The number of hydrogen-bond donors (Lipinski definition) is 1. The Labute approximate surface area is 95.3 Å². The van der Waals surface area contributed by atoms with E-state index in [1.807, 2.05) is 20.8 Å². The molecule has 6 heteroatoms. The Hall–Kier alpha value is -0.620. The van der Waals surface area contributed by atoms with E-state index in [0.29, 0.717) is 0 Å². The second kappa shape index (κ2) is 5.46. The number of carbonyl (C=O) groups excluding carboxylic acids is 1. The molecule has 0 aromatic carbocycles. The normalized spacial score (nSPS) is 13.2. The summed E-state index contributed by atoms with van der Waals surface area (Å²) in [6, 6.07) is 0. The Morgan fingerprint density at radius 2 is 1.73 bits per heavy atom. The lowest BCUT2D eigenvalue weighted by atomic mass is 10.1. The Morgan fingerprint density at radius 1 is 1.20 bits per heavy atom. The van der Waals surface area contributed by atoms with Crippen LogP contribution in [0.2, 0.25) is 0 Å². The second-order valence-corrected chi connectivity index (χ2v) is 5.46. The van der Waals surface area contributed by atoms with Gasteiger partial charge in [-0.15, -0.1) is 0 Å². The third-order valence-corrected chi connectivity index (χ3v) is 1.59. The van der Waals surface area contributed by atoms with Crippen molar-refractivity contribution in [1.82, 2.24) is 5.32 Å². The molecule has 0 rings (SSSR count). The fourth-order valence-electron chi connectivity index (χ4n) is 0.646. The number of nitrogens with one attached hydrogen (secondary N) is 1. The van der Waals surface area contributed by atoms with Crippen LogP contribution in [0.1, 0.15) is 34.6 Å². The molecule has 0 saturated heterocycles. The van der Waals surface area contributed by atoms with E-state index >= 15 is 0 Å². The van der Waals surface area contributed by atoms with E-state index in [2.05, 4.69) is 19.7 Å². The summed E-state index contributed by atoms with van der Waals surface area (Å²) >= 11 is 0.740. The van der Waals surface area contributed by atoms with Crippen LogP contribution < -0.4 is 5.32 Å². The van der Waals surface area contributed by atoms with E-state index in [1.54, 1.807) is 13.8 Å². The minimum atomic E-state index is -0.712. The highest BCUT2D eigenvalue weighted by atomic mass is 32.2. The van der Waals surface area contributed by atoms with Crippen molar-refractivity contribution in [2.45, 2.75) is 45.8 Å². The molecule has 0 spiro atoms. The first kappa shape index (κ1) is 14.4. The molecule has 0 atom stereocenters. The van der Waals surface area contributed by atoms with Gasteiger partial charge in [-0.05, 0) is 34.6 Å². The fourth-order valence-corrected chi connectivity index (χ4v) is 1.09. The molecule has 0 fully saturated rings. The third-order valence-electron chi connectivity index (χ3n) is 1.17. The van der Waals surface area contributed by atoms with E-state index in [1.165, 1.54) is 7.11 Å². The number of azo groups is 1. The van der Waals surface area contributed by atoms with Gasteiger partial charge in [0.25, 0.3) is 0 Å². The van der Waals surface area contributed by atoms with E-state index in [4.69, 9.17) is 0 Å². The number of rotatable bonds is 3. The quantitative estimate of drug-likeness (QED) is 0.602. The summed E-state index contributed by atoms with van der Waals surface area (Å²) in [4.78, 5) is 11.2. The maximum atomic E-state index is 11.2. The summed E-state index contributed by atoms with van der Waals surface area (Å²) in [6.07, 6.45) is 0. The first-order valence-corrected chi connectivity index (χ1v) is 5.37. The smallest absolute Gasteiger partial charge is 0.308 e. The van der Waals surface area contributed by atoms with Gasteiger partial charge in [0.2, 0.25) is 0 Å². The minimum Gasteiger partial charge on any atom is -0.320 e. The molecule has 0 aliphatic rings. The van der Waals surface area contributed by atoms with Crippen LogP contribution in [-0.4, -0.2) is 23.6 Å². The molecule has 88 valence electrons. The first-order valence-electron chi connectivity index (χ1n) is 4.63. The van der Waals surface area contributed by atoms with Crippen molar-refractivity contribution in [2.24, 2.45) is 10.2 Å². The molecule has 0 aromatic heterocycles. The van der Waals surface area contributed by atoms with Gasteiger partial charge in [0.1, 0.15) is 5.66 Å². The predicted molar refractivity (Wildman–Crippen MR) is 61.8 cm³/mol. The molecular formula is C9H19N3O2S.